The van der Waals surface area contributed by atoms with Crippen molar-refractivity contribution in [2.24, 2.45) is 5.92 Å². The SMILES string of the molecule is CN1CCN2CC(C(=O)N(C)C)CC2C1. The van der Waals surface area contributed by atoms with Crippen molar-refractivity contribution in [1.82, 2.24) is 14.7 Å². The van der Waals surface area contributed by atoms with Gasteiger partial charge in [-0.05, 0) is 13.5 Å². The zero-order chi connectivity index (χ0) is 11.0. The van der Waals surface area contributed by atoms with Gasteiger partial charge in [-0.3, -0.25) is 9.69 Å². The number of fused-ring (bicyclic) bond motifs is 1. The van der Waals surface area contributed by atoms with Crippen molar-refractivity contribution in [1.29, 1.82) is 0 Å². The Balaban J connectivity index is 1.96. The highest BCUT2D eigenvalue weighted by Gasteiger charge is 2.38. The van der Waals surface area contributed by atoms with Crippen LogP contribution in [0.3, 0.4) is 0 Å². The number of hydrogen-bond acceptors (Lipinski definition) is 3. The van der Waals surface area contributed by atoms with Crippen molar-refractivity contribution in [3.8, 4) is 0 Å². The lowest BCUT2D eigenvalue weighted by atomic mass is 10.0. The molecule has 86 valence electrons. The summed E-state index contributed by atoms with van der Waals surface area (Å²) in [5, 5.41) is 0. The second kappa shape index (κ2) is 4.10. The molecule has 0 spiro atoms. The molecule has 15 heavy (non-hydrogen) atoms. The maximum atomic E-state index is 11.9. The van der Waals surface area contributed by atoms with Crippen molar-refractivity contribution >= 4 is 5.91 Å². The van der Waals surface area contributed by atoms with E-state index in [0.717, 1.165) is 32.6 Å². The average Bonchev–Trinajstić information content (AvgIpc) is 2.58. The van der Waals surface area contributed by atoms with Gasteiger partial charge in [0.1, 0.15) is 0 Å². The van der Waals surface area contributed by atoms with Gasteiger partial charge in [-0.25, -0.2) is 0 Å². The second-order valence-electron chi connectivity index (χ2n) is 5.08. The summed E-state index contributed by atoms with van der Waals surface area (Å²) in [7, 11) is 5.87. The predicted octanol–water partition coefficient (Wildman–Crippen LogP) is -0.289. The Morgan fingerprint density at radius 3 is 2.67 bits per heavy atom. The number of nitrogens with zero attached hydrogens (tertiary/aromatic N) is 3. The van der Waals surface area contributed by atoms with Crippen molar-refractivity contribution in [2.75, 3.05) is 47.3 Å². The Kier molecular flexibility index (Phi) is 2.98. The number of piperazine rings is 1. The predicted molar refractivity (Wildman–Crippen MR) is 59.7 cm³/mol. The van der Waals surface area contributed by atoms with E-state index in [9.17, 15) is 4.79 Å². The molecule has 4 heteroatoms. The number of rotatable bonds is 1. The Bertz CT molecular complexity index is 254. The summed E-state index contributed by atoms with van der Waals surface area (Å²) in [6.07, 6.45) is 1.04. The maximum Gasteiger partial charge on any atom is 0.226 e. The Hall–Kier alpha value is -0.610. The molecule has 2 heterocycles. The third kappa shape index (κ3) is 2.16. The van der Waals surface area contributed by atoms with Crippen LogP contribution in [0, 0.1) is 5.92 Å². The first-order valence-corrected chi connectivity index (χ1v) is 5.71. The summed E-state index contributed by atoms with van der Waals surface area (Å²) in [6.45, 7) is 4.35. The molecule has 0 aromatic rings. The molecule has 0 bridgehead atoms. The molecule has 1 amide bonds. The maximum absolute atomic E-state index is 11.9. The first kappa shape index (κ1) is 10.9. The molecule has 0 saturated carbocycles. The molecule has 2 saturated heterocycles. The molecular weight excluding hydrogens is 190 g/mol. The lowest BCUT2D eigenvalue weighted by molar-refractivity contribution is -0.132. The molecule has 0 radical (unpaired) electrons. The van der Waals surface area contributed by atoms with E-state index < -0.39 is 0 Å². The second-order valence-corrected chi connectivity index (χ2v) is 5.08. The van der Waals surface area contributed by atoms with Crippen LogP contribution in [0.5, 0.6) is 0 Å². The molecule has 0 aromatic heterocycles. The lowest BCUT2D eigenvalue weighted by Crippen LogP contribution is -2.48. The number of hydrogen-bond donors (Lipinski definition) is 0. The number of likely N-dealkylation sites (N-methyl/N-ethyl adjacent to an activating group) is 1. The standard InChI is InChI=1S/C11H21N3O/c1-12(2)11(15)9-6-10-8-13(3)4-5-14(10)7-9/h9-10H,4-8H2,1-3H3. The Morgan fingerprint density at radius 2 is 2.00 bits per heavy atom. The van der Waals surface area contributed by atoms with Crippen molar-refractivity contribution < 1.29 is 4.79 Å². The van der Waals surface area contributed by atoms with Gasteiger partial charge >= 0.3 is 0 Å². The molecule has 2 aliphatic rings. The molecular formula is C11H21N3O. The summed E-state index contributed by atoms with van der Waals surface area (Å²) in [6, 6.07) is 0.609. The summed E-state index contributed by atoms with van der Waals surface area (Å²) < 4.78 is 0. The molecule has 0 aromatic carbocycles. The van der Waals surface area contributed by atoms with E-state index in [4.69, 9.17) is 0 Å². The minimum absolute atomic E-state index is 0.233. The van der Waals surface area contributed by atoms with Crippen molar-refractivity contribution in [3.63, 3.8) is 0 Å². The van der Waals surface area contributed by atoms with Crippen LogP contribution in [-0.4, -0.2) is 74.0 Å². The third-order valence-corrected chi connectivity index (χ3v) is 3.61. The van der Waals surface area contributed by atoms with Crippen LogP contribution >= 0.6 is 0 Å². The summed E-state index contributed by atoms with van der Waals surface area (Å²) in [4.78, 5) is 18.4. The van der Waals surface area contributed by atoms with Gasteiger partial charge in [-0.15, -0.1) is 0 Å². The Labute approximate surface area is 91.8 Å². The minimum atomic E-state index is 0.233. The van der Waals surface area contributed by atoms with Crippen LogP contribution in [-0.2, 0) is 4.79 Å². The van der Waals surface area contributed by atoms with E-state index >= 15 is 0 Å². The van der Waals surface area contributed by atoms with Crippen LogP contribution in [0.25, 0.3) is 0 Å². The van der Waals surface area contributed by atoms with Crippen molar-refractivity contribution in [2.45, 2.75) is 12.5 Å². The largest absolute Gasteiger partial charge is 0.349 e. The topological polar surface area (TPSA) is 26.8 Å². The highest BCUT2D eigenvalue weighted by molar-refractivity contribution is 5.78. The highest BCUT2D eigenvalue weighted by Crippen LogP contribution is 2.26. The highest BCUT2D eigenvalue weighted by atomic mass is 16.2. The fraction of sp³-hybridized carbons (Fsp3) is 0.909. The van der Waals surface area contributed by atoms with Gasteiger partial charge in [-0.2, -0.15) is 0 Å². The van der Waals surface area contributed by atoms with Gasteiger partial charge in [0.2, 0.25) is 5.91 Å². The van der Waals surface area contributed by atoms with E-state index in [-0.39, 0.29) is 5.92 Å². The monoisotopic (exact) mass is 211 g/mol. The zero-order valence-electron chi connectivity index (χ0n) is 9.94. The fourth-order valence-electron chi connectivity index (χ4n) is 2.74. The minimum Gasteiger partial charge on any atom is -0.349 e. The normalized spacial score (nSPS) is 32.7. The number of carbonyl (C=O) groups excluding carboxylic acids is 1. The first-order valence-electron chi connectivity index (χ1n) is 5.71. The van der Waals surface area contributed by atoms with Gasteiger partial charge in [0.25, 0.3) is 0 Å². The van der Waals surface area contributed by atoms with Gasteiger partial charge < -0.3 is 9.80 Å². The molecule has 2 aliphatic heterocycles. The van der Waals surface area contributed by atoms with E-state index in [2.05, 4.69) is 16.8 Å². The van der Waals surface area contributed by atoms with E-state index in [1.54, 1.807) is 4.90 Å². The first-order chi connectivity index (χ1) is 7.08. The molecule has 0 N–H and O–H groups in total. The van der Waals surface area contributed by atoms with Gasteiger partial charge in [-0.1, -0.05) is 0 Å². The molecule has 4 nitrogen and oxygen atoms in total. The summed E-state index contributed by atoms with van der Waals surface area (Å²) in [5.74, 6) is 0.531. The van der Waals surface area contributed by atoms with Gasteiger partial charge in [0, 0.05) is 46.3 Å². The number of amides is 1. The van der Waals surface area contributed by atoms with Gasteiger partial charge in [0.15, 0.2) is 0 Å². The molecule has 2 rings (SSSR count). The molecule has 2 fully saturated rings. The molecule has 2 atom stereocenters. The van der Waals surface area contributed by atoms with E-state index in [1.165, 1.54) is 0 Å². The third-order valence-electron chi connectivity index (χ3n) is 3.61. The Morgan fingerprint density at radius 1 is 1.27 bits per heavy atom. The number of carbonyl (C=O) groups is 1. The zero-order valence-corrected chi connectivity index (χ0v) is 9.94. The molecule has 2 unspecified atom stereocenters. The van der Waals surface area contributed by atoms with Crippen LogP contribution in [0.4, 0.5) is 0 Å². The summed E-state index contributed by atoms with van der Waals surface area (Å²) >= 11 is 0. The average molecular weight is 211 g/mol. The van der Waals surface area contributed by atoms with Crippen LogP contribution in [0.15, 0.2) is 0 Å². The van der Waals surface area contributed by atoms with E-state index in [0.29, 0.717) is 11.9 Å². The van der Waals surface area contributed by atoms with Crippen molar-refractivity contribution in [3.05, 3.63) is 0 Å². The van der Waals surface area contributed by atoms with Crippen LogP contribution in [0.2, 0.25) is 0 Å². The van der Waals surface area contributed by atoms with Gasteiger partial charge in [0.05, 0.1) is 5.92 Å². The van der Waals surface area contributed by atoms with Crippen LogP contribution in [0.1, 0.15) is 6.42 Å². The lowest BCUT2D eigenvalue weighted by Gasteiger charge is -2.35. The smallest absolute Gasteiger partial charge is 0.226 e. The van der Waals surface area contributed by atoms with E-state index in [1.807, 2.05) is 14.1 Å². The quantitative estimate of drug-likeness (QED) is 0.596. The molecule has 0 aliphatic carbocycles. The van der Waals surface area contributed by atoms with Crippen LogP contribution < -0.4 is 0 Å². The fourth-order valence-corrected chi connectivity index (χ4v) is 2.74. The summed E-state index contributed by atoms with van der Waals surface area (Å²) in [5.41, 5.74) is 0.